The van der Waals surface area contributed by atoms with Crippen molar-refractivity contribution in [3.8, 4) is 11.3 Å². The number of hydrogen-bond donors (Lipinski definition) is 2. The van der Waals surface area contributed by atoms with Crippen LogP contribution in [0.25, 0.3) is 22.2 Å². The van der Waals surface area contributed by atoms with Crippen LogP contribution in [0.4, 0.5) is 20.5 Å². The van der Waals surface area contributed by atoms with E-state index in [0.717, 1.165) is 24.9 Å². The van der Waals surface area contributed by atoms with Crippen molar-refractivity contribution in [1.82, 2.24) is 30.0 Å². The van der Waals surface area contributed by atoms with Gasteiger partial charge in [0.15, 0.2) is 5.82 Å². The maximum Gasteiger partial charge on any atom is 0.229 e. The van der Waals surface area contributed by atoms with Gasteiger partial charge in [0, 0.05) is 18.2 Å². The molecule has 0 bridgehead atoms. The molecule has 4 heterocycles. The van der Waals surface area contributed by atoms with E-state index in [2.05, 4.69) is 30.7 Å². The van der Waals surface area contributed by atoms with E-state index in [9.17, 15) is 8.78 Å². The van der Waals surface area contributed by atoms with Crippen molar-refractivity contribution in [2.24, 2.45) is 0 Å². The van der Waals surface area contributed by atoms with E-state index >= 15 is 0 Å². The molecule has 0 spiro atoms. The Bertz CT molecular complexity index is 1280. The van der Waals surface area contributed by atoms with Crippen LogP contribution in [-0.2, 0) is 13.0 Å². The Hall–Kier alpha value is -3.46. The van der Waals surface area contributed by atoms with Gasteiger partial charge in [0.25, 0.3) is 0 Å². The van der Waals surface area contributed by atoms with Crippen LogP contribution >= 0.6 is 0 Å². The van der Waals surface area contributed by atoms with Crippen molar-refractivity contribution in [1.29, 1.82) is 0 Å². The SMILES string of the molecule is CC(C)n1ncc2c(F)cc(-c3nc(Nc4ccc5c(n4)CNCC5)ncc3F)cc21. The Morgan fingerprint density at radius 2 is 1.97 bits per heavy atom. The number of nitrogens with one attached hydrogen (secondary N) is 2. The number of halogens is 2. The van der Waals surface area contributed by atoms with Gasteiger partial charge in [-0.2, -0.15) is 5.10 Å². The Morgan fingerprint density at radius 3 is 2.81 bits per heavy atom. The Balaban J connectivity index is 1.52. The summed E-state index contributed by atoms with van der Waals surface area (Å²) in [6.45, 7) is 5.53. The van der Waals surface area contributed by atoms with Crippen molar-refractivity contribution in [2.45, 2.75) is 32.9 Å². The van der Waals surface area contributed by atoms with Crippen LogP contribution in [0.2, 0.25) is 0 Å². The molecule has 0 saturated carbocycles. The second-order valence-corrected chi connectivity index (χ2v) is 7.82. The van der Waals surface area contributed by atoms with Gasteiger partial charge < -0.3 is 10.6 Å². The average molecular weight is 421 g/mol. The van der Waals surface area contributed by atoms with E-state index in [4.69, 9.17) is 0 Å². The molecule has 2 N–H and O–H groups in total. The minimum Gasteiger partial charge on any atom is -0.311 e. The van der Waals surface area contributed by atoms with Crippen LogP contribution in [0.5, 0.6) is 0 Å². The van der Waals surface area contributed by atoms with Crippen molar-refractivity contribution >= 4 is 22.7 Å². The highest BCUT2D eigenvalue weighted by Gasteiger charge is 2.17. The van der Waals surface area contributed by atoms with Crippen LogP contribution in [0.15, 0.2) is 36.7 Å². The van der Waals surface area contributed by atoms with Crippen LogP contribution < -0.4 is 10.6 Å². The lowest BCUT2D eigenvalue weighted by molar-refractivity contribution is 0.550. The summed E-state index contributed by atoms with van der Waals surface area (Å²) in [6, 6.07) is 6.87. The second kappa shape index (κ2) is 7.66. The molecule has 5 rings (SSSR count). The van der Waals surface area contributed by atoms with Crippen molar-refractivity contribution in [3.05, 3.63) is 59.6 Å². The topological polar surface area (TPSA) is 80.5 Å². The summed E-state index contributed by atoms with van der Waals surface area (Å²) in [4.78, 5) is 12.9. The highest BCUT2D eigenvalue weighted by atomic mass is 19.1. The maximum absolute atomic E-state index is 14.7. The van der Waals surface area contributed by atoms with Crippen molar-refractivity contribution < 1.29 is 8.78 Å². The molecule has 31 heavy (non-hydrogen) atoms. The molecule has 4 aromatic rings. The zero-order chi connectivity index (χ0) is 21.5. The van der Waals surface area contributed by atoms with Crippen molar-refractivity contribution in [3.63, 3.8) is 0 Å². The van der Waals surface area contributed by atoms with Gasteiger partial charge in [-0.05, 0) is 50.6 Å². The predicted molar refractivity (Wildman–Crippen MR) is 114 cm³/mol. The predicted octanol–water partition coefficient (Wildman–Crippen LogP) is 4.14. The molecule has 9 heteroatoms. The summed E-state index contributed by atoms with van der Waals surface area (Å²) in [5, 5.41) is 10.9. The molecule has 0 radical (unpaired) electrons. The molecule has 0 amide bonds. The average Bonchev–Trinajstić information content (AvgIpc) is 3.20. The largest absolute Gasteiger partial charge is 0.311 e. The minimum absolute atomic E-state index is 0.00873. The molecular weight excluding hydrogens is 400 g/mol. The molecule has 0 aliphatic carbocycles. The summed E-state index contributed by atoms with van der Waals surface area (Å²) in [5.74, 6) is -0.358. The maximum atomic E-state index is 14.7. The van der Waals surface area contributed by atoms with Gasteiger partial charge in [0.05, 0.1) is 29.0 Å². The number of aromatic nitrogens is 5. The van der Waals surface area contributed by atoms with E-state index in [1.807, 2.05) is 26.0 Å². The summed E-state index contributed by atoms with van der Waals surface area (Å²) in [7, 11) is 0. The number of rotatable bonds is 4. The highest BCUT2D eigenvalue weighted by molar-refractivity contribution is 5.84. The monoisotopic (exact) mass is 421 g/mol. The Kier molecular flexibility index (Phi) is 4.82. The van der Waals surface area contributed by atoms with Crippen molar-refractivity contribution in [2.75, 3.05) is 11.9 Å². The molecule has 0 fully saturated rings. The lowest BCUT2D eigenvalue weighted by Gasteiger charge is -2.17. The number of benzene rings is 1. The standard InChI is InChI=1S/C22H21F2N7/c1-12(2)31-19-8-14(7-16(23)15(19)9-27-31)21-17(24)10-26-22(30-21)29-20-4-3-13-5-6-25-11-18(13)28-20/h3-4,7-10,12,25H,5-6,11H2,1-2H3,(H,26,28,29,30). The van der Waals surface area contributed by atoms with Crippen LogP contribution in [0.3, 0.4) is 0 Å². The smallest absolute Gasteiger partial charge is 0.229 e. The first kappa shape index (κ1) is 19.5. The fourth-order valence-corrected chi connectivity index (χ4v) is 3.81. The zero-order valence-corrected chi connectivity index (χ0v) is 17.2. The molecule has 0 saturated heterocycles. The third kappa shape index (κ3) is 3.61. The van der Waals surface area contributed by atoms with E-state index in [1.165, 1.54) is 17.8 Å². The number of anilines is 2. The van der Waals surface area contributed by atoms with E-state index in [1.54, 1.807) is 10.7 Å². The molecule has 1 aliphatic heterocycles. The molecule has 0 atom stereocenters. The van der Waals surface area contributed by atoms with Gasteiger partial charge in [0.2, 0.25) is 5.95 Å². The number of fused-ring (bicyclic) bond motifs is 2. The first-order valence-electron chi connectivity index (χ1n) is 10.2. The van der Waals surface area contributed by atoms with Gasteiger partial charge in [-0.15, -0.1) is 0 Å². The first-order chi connectivity index (χ1) is 15.0. The lowest BCUT2D eigenvalue weighted by Crippen LogP contribution is -2.24. The molecule has 158 valence electrons. The summed E-state index contributed by atoms with van der Waals surface area (Å²) in [6.07, 6.45) is 3.49. The Morgan fingerprint density at radius 1 is 1.10 bits per heavy atom. The van der Waals surface area contributed by atoms with Crippen LogP contribution in [-0.4, -0.2) is 31.3 Å². The molecule has 3 aromatic heterocycles. The van der Waals surface area contributed by atoms with Crippen LogP contribution in [0.1, 0.15) is 31.1 Å². The quantitative estimate of drug-likeness (QED) is 0.516. The van der Waals surface area contributed by atoms with Gasteiger partial charge in [0.1, 0.15) is 17.3 Å². The number of pyridine rings is 1. The zero-order valence-electron chi connectivity index (χ0n) is 17.2. The minimum atomic E-state index is -0.637. The van der Waals surface area contributed by atoms with Crippen LogP contribution in [0, 0.1) is 11.6 Å². The second-order valence-electron chi connectivity index (χ2n) is 7.82. The number of hydrogen-bond acceptors (Lipinski definition) is 6. The highest BCUT2D eigenvalue weighted by Crippen LogP contribution is 2.29. The molecule has 7 nitrogen and oxygen atoms in total. The van der Waals surface area contributed by atoms with Gasteiger partial charge >= 0.3 is 0 Å². The van der Waals surface area contributed by atoms with E-state index in [0.29, 0.717) is 28.8 Å². The first-order valence-corrected chi connectivity index (χ1v) is 10.2. The third-order valence-corrected chi connectivity index (χ3v) is 5.34. The third-order valence-electron chi connectivity index (χ3n) is 5.34. The molecule has 0 unspecified atom stereocenters. The van der Waals surface area contributed by atoms with E-state index in [-0.39, 0.29) is 17.7 Å². The Labute approximate surface area is 177 Å². The fraction of sp³-hybridized carbons (Fsp3) is 0.273. The molecular formula is C22H21F2N7. The van der Waals surface area contributed by atoms with Gasteiger partial charge in [-0.1, -0.05) is 6.07 Å². The van der Waals surface area contributed by atoms with E-state index < -0.39 is 11.6 Å². The fourth-order valence-electron chi connectivity index (χ4n) is 3.81. The summed E-state index contributed by atoms with van der Waals surface area (Å²) < 4.78 is 31.0. The summed E-state index contributed by atoms with van der Waals surface area (Å²) in [5.41, 5.74) is 3.08. The molecule has 1 aliphatic rings. The lowest BCUT2D eigenvalue weighted by atomic mass is 10.1. The van der Waals surface area contributed by atoms with Gasteiger partial charge in [-0.25, -0.2) is 23.7 Å². The summed E-state index contributed by atoms with van der Waals surface area (Å²) >= 11 is 0. The number of nitrogens with zero attached hydrogens (tertiary/aromatic N) is 5. The van der Waals surface area contributed by atoms with Gasteiger partial charge in [-0.3, -0.25) is 4.68 Å². The molecule has 1 aromatic carbocycles. The normalized spacial score (nSPS) is 13.6.